The predicted molar refractivity (Wildman–Crippen MR) is 114 cm³/mol. The number of aliphatic imine (C=N–C) groups is 1. The molecule has 0 aromatic heterocycles. The van der Waals surface area contributed by atoms with Crippen molar-refractivity contribution in [2.45, 2.75) is 39.8 Å². The number of benzene rings is 1. The third kappa shape index (κ3) is 6.97. The van der Waals surface area contributed by atoms with E-state index in [1.807, 2.05) is 32.9 Å². The van der Waals surface area contributed by atoms with Crippen LogP contribution in [-0.4, -0.2) is 49.1 Å². The monoisotopic (exact) mass is 463 g/mol. The van der Waals surface area contributed by atoms with E-state index in [-0.39, 0.29) is 35.3 Å². The van der Waals surface area contributed by atoms with Gasteiger partial charge in [-0.05, 0) is 45.0 Å². The summed E-state index contributed by atoms with van der Waals surface area (Å²) in [7, 11) is 0. The van der Waals surface area contributed by atoms with Crippen LogP contribution in [0.3, 0.4) is 0 Å². The van der Waals surface area contributed by atoms with Gasteiger partial charge in [-0.25, -0.2) is 9.38 Å². The van der Waals surface area contributed by atoms with Gasteiger partial charge in [0.05, 0.1) is 12.2 Å². The number of nitrogens with zero attached hydrogens (tertiary/aromatic N) is 3. The lowest BCUT2D eigenvalue weighted by atomic mass is 10.1. The molecule has 142 valence electrons. The van der Waals surface area contributed by atoms with Gasteiger partial charge in [-0.1, -0.05) is 13.0 Å². The number of rotatable bonds is 4. The number of likely N-dealkylation sites (N-methyl/N-ethyl adjacent to an activating group) is 1. The van der Waals surface area contributed by atoms with Crippen LogP contribution in [0.15, 0.2) is 23.2 Å². The number of nitrogens with two attached hydrogens (primary N) is 1. The molecular weight excluding hydrogens is 432 g/mol. The summed E-state index contributed by atoms with van der Waals surface area (Å²) < 4.78 is 14.5. The third-order valence-corrected chi connectivity index (χ3v) is 4.11. The summed E-state index contributed by atoms with van der Waals surface area (Å²) in [6.45, 7) is 13.3. The number of nitrogens with one attached hydrogen (secondary N) is 1. The van der Waals surface area contributed by atoms with Gasteiger partial charge >= 0.3 is 0 Å². The third-order valence-electron chi connectivity index (χ3n) is 4.11. The zero-order valence-electron chi connectivity index (χ0n) is 15.7. The van der Waals surface area contributed by atoms with Crippen LogP contribution in [0.4, 0.5) is 10.1 Å². The second-order valence-corrected chi connectivity index (χ2v) is 7.28. The van der Waals surface area contributed by atoms with E-state index in [0.717, 1.165) is 38.3 Å². The molecule has 3 N–H and O–H groups in total. The molecule has 1 fully saturated rings. The minimum Gasteiger partial charge on any atom is -0.370 e. The number of hydrogen-bond donors (Lipinski definition) is 2. The molecule has 0 saturated carbocycles. The molecule has 1 aliphatic heterocycles. The predicted octanol–water partition coefficient (Wildman–Crippen LogP) is 2.79. The van der Waals surface area contributed by atoms with Crippen molar-refractivity contribution in [2.75, 3.05) is 37.6 Å². The molecule has 1 saturated heterocycles. The lowest BCUT2D eigenvalue weighted by Crippen LogP contribution is -2.46. The molecule has 0 radical (unpaired) electrons. The summed E-state index contributed by atoms with van der Waals surface area (Å²) in [4.78, 5) is 8.77. The highest BCUT2D eigenvalue weighted by molar-refractivity contribution is 14.0. The molecular formula is C18H31FIN5. The molecule has 1 aromatic carbocycles. The highest BCUT2D eigenvalue weighted by atomic mass is 127. The number of hydrogen-bond acceptors (Lipinski definition) is 3. The Bertz CT molecular complexity index is 577. The van der Waals surface area contributed by atoms with E-state index in [2.05, 4.69) is 27.0 Å². The number of anilines is 1. The standard InChI is InChI=1S/C18H30FN5.HI/c1-5-23-8-10-24(11-9-23)16-7-6-14(12-15(16)19)13-21-17(20)22-18(2,3)4;/h6-7,12H,5,8-11,13H2,1-4H3,(H3,20,21,22);1H. The van der Waals surface area contributed by atoms with Gasteiger partial charge in [-0.2, -0.15) is 0 Å². The second kappa shape index (κ2) is 9.56. The molecule has 1 aromatic rings. The average Bonchev–Trinajstić information content (AvgIpc) is 2.52. The second-order valence-electron chi connectivity index (χ2n) is 7.28. The van der Waals surface area contributed by atoms with E-state index in [4.69, 9.17) is 5.73 Å². The van der Waals surface area contributed by atoms with Gasteiger partial charge in [0.15, 0.2) is 5.96 Å². The van der Waals surface area contributed by atoms with E-state index < -0.39 is 0 Å². The van der Waals surface area contributed by atoms with Gasteiger partial charge < -0.3 is 20.9 Å². The van der Waals surface area contributed by atoms with Crippen molar-refractivity contribution in [1.82, 2.24) is 10.2 Å². The van der Waals surface area contributed by atoms with E-state index in [1.54, 1.807) is 6.07 Å². The maximum Gasteiger partial charge on any atom is 0.189 e. The van der Waals surface area contributed by atoms with Crippen LogP contribution in [0.25, 0.3) is 0 Å². The van der Waals surface area contributed by atoms with Crippen molar-refractivity contribution in [3.05, 3.63) is 29.6 Å². The Hall–Kier alpha value is -1.09. The van der Waals surface area contributed by atoms with E-state index in [0.29, 0.717) is 18.2 Å². The van der Waals surface area contributed by atoms with Crippen molar-refractivity contribution in [3.63, 3.8) is 0 Å². The highest BCUT2D eigenvalue weighted by Crippen LogP contribution is 2.22. The summed E-state index contributed by atoms with van der Waals surface area (Å²) in [5, 5.41) is 3.10. The van der Waals surface area contributed by atoms with E-state index >= 15 is 0 Å². The van der Waals surface area contributed by atoms with Gasteiger partial charge in [-0.15, -0.1) is 24.0 Å². The summed E-state index contributed by atoms with van der Waals surface area (Å²) in [6, 6.07) is 5.35. The molecule has 0 aliphatic carbocycles. The fourth-order valence-corrected chi connectivity index (χ4v) is 2.81. The quantitative estimate of drug-likeness (QED) is 0.410. The number of guanidine groups is 1. The molecule has 2 rings (SSSR count). The summed E-state index contributed by atoms with van der Waals surface area (Å²) in [5.74, 6) is 0.192. The smallest absolute Gasteiger partial charge is 0.189 e. The van der Waals surface area contributed by atoms with Gasteiger partial charge in [0.25, 0.3) is 0 Å². The lowest BCUT2D eigenvalue weighted by Gasteiger charge is -2.35. The van der Waals surface area contributed by atoms with Gasteiger partial charge in [0.2, 0.25) is 0 Å². The normalized spacial score (nSPS) is 16.5. The SMILES string of the molecule is CCN1CCN(c2ccc(CN=C(N)NC(C)(C)C)cc2F)CC1.I. The van der Waals surface area contributed by atoms with Crippen LogP contribution in [0, 0.1) is 5.82 Å². The fourth-order valence-electron chi connectivity index (χ4n) is 2.81. The molecule has 0 spiro atoms. The highest BCUT2D eigenvalue weighted by Gasteiger charge is 2.18. The molecule has 0 unspecified atom stereocenters. The zero-order valence-corrected chi connectivity index (χ0v) is 18.0. The Kier molecular flexibility index (Phi) is 8.40. The molecule has 0 bridgehead atoms. The Morgan fingerprint density at radius 2 is 1.88 bits per heavy atom. The maximum atomic E-state index is 14.5. The minimum absolute atomic E-state index is 0. The Morgan fingerprint density at radius 1 is 1.24 bits per heavy atom. The van der Waals surface area contributed by atoms with Crippen LogP contribution < -0.4 is 16.0 Å². The van der Waals surface area contributed by atoms with Crippen molar-refractivity contribution >= 4 is 35.6 Å². The number of halogens is 2. The Balaban J connectivity index is 0.00000312. The molecule has 7 heteroatoms. The van der Waals surface area contributed by atoms with Crippen molar-refractivity contribution in [3.8, 4) is 0 Å². The molecule has 0 amide bonds. The van der Waals surface area contributed by atoms with Crippen LogP contribution in [0.1, 0.15) is 33.3 Å². The van der Waals surface area contributed by atoms with Crippen molar-refractivity contribution in [1.29, 1.82) is 0 Å². The average molecular weight is 463 g/mol. The zero-order chi connectivity index (χ0) is 17.7. The number of piperazine rings is 1. The first-order valence-corrected chi connectivity index (χ1v) is 8.62. The summed E-state index contributed by atoms with van der Waals surface area (Å²) in [5.41, 5.74) is 7.22. The molecule has 0 atom stereocenters. The van der Waals surface area contributed by atoms with Gasteiger partial charge in [0.1, 0.15) is 5.82 Å². The van der Waals surface area contributed by atoms with E-state index in [1.165, 1.54) is 0 Å². The first-order chi connectivity index (χ1) is 11.3. The summed E-state index contributed by atoms with van der Waals surface area (Å²) in [6.07, 6.45) is 0. The minimum atomic E-state index is -0.185. The Labute approximate surface area is 167 Å². The summed E-state index contributed by atoms with van der Waals surface area (Å²) >= 11 is 0. The first kappa shape index (κ1) is 22.0. The van der Waals surface area contributed by atoms with Crippen molar-refractivity contribution < 1.29 is 4.39 Å². The molecule has 25 heavy (non-hydrogen) atoms. The fraction of sp³-hybridized carbons (Fsp3) is 0.611. The maximum absolute atomic E-state index is 14.5. The largest absolute Gasteiger partial charge is 0.370 e. The van der Waals surface area contributed by atoms with Gasteiger partial charge in [-0.3, -0.25) is 0 Å². The molecule has 1 heterocycles. The van der Waals surface area contributed by atoms with Crippen LogP contribution in [0.5, 0.6) is 0 Å². The van der Waals surface area contributed by atoms with Crippen LogP contribution in [-0.2, 0) is 6.54 Å². The van der Waals surface area contributed by atoms with Crippen LogP contribution in [0.2, 0.25) is 0 Å². The van der Waals surface area contributed by atoms with Crippen LogP contribution >= 0.6 is 24.0 Å². The lowest BCUT2D eigenvalue weighted by molar-refractivity contribution is 0.270. The van der Waals surface area contributed by atoms with Gasteiger partial charge in [0, 0.05) is 31.7 Å². The molecule has 5 nitrogen and oxygen atoms in total. The Morgan fingerprint density at radius 3 is 2.40 bits per heavy atom. The molecule has 1 aliphatic rings. The topological polar surface area (TPSA) is 56.9 Å². The first-order valence-electron chi connectivity index (χ1n) is 8.62. The van der Waals surface area contributed by atoms with E-state index in [9.17, 15) is 4.39 Å². The van der Waals surface area contributed by atoms with Crippen molar-refractivity contribution in [2.24, 2.45) is 10.7 Å².